The Morgan fingerprint density at radius 3 is 2.58 bits per heavy atom. The fourth-order valence-corrected chi connectivity index (χ4v) is 2.88. The molecule has 1 saturated heterocycles. The van der Waals surface area contributed by atoms with Crippen LogP contribution in [0.5, 0.6) is 0 Å². The molecule has 1 N–H and O–H groups in total. The van der Waals surface area contributed by atoms with Crippen molar-refractivity contribution < 1.29 is 9.90 Å². The summed E-state index contributed by atoms with van der Waals surface area (Å²) in [6.45, 7) is 5.61. The van der Waals surface area contributed by atoms with Crippen LogP contribution in [-0.4, -0.2) is 39.1 Å². The van der Waals surface area contributed by atoms with Gasteiger partial charge in [0.05, 0.1) is 5.92 Å². The van der Waals surface area contributed by atoms with Gasteiger partial charge in [-0.25, -0.2) is 9.97 Å². The molecule has 0 saturated carbocycles. The molecule has 0 atom stereocenters. The zero-order valence-corrected chi connectivity index (χ0v) is 14.0. The van der Waals surface area contributed by atoms with E-state index < -0.39 is 5.97 Å². The summed E-state index contributed by atoms with van der Waals surface area (Å²) in [5.74, 6) is 0.818. The Morgan fingerprint density at radius 2 is 2.00 bits per heavy atom. The number of anilines is 1. The van der Waals surface area contributed by atoms with E-state index in [0.29, 0.717) is 31.8 Å². The summed E-state index contributed by atoms with van der Waals surface area (Å²) in [6.07, 6.45) is 3.03. The van der Waals surface area contributed by atoms with E-state index in [0.717, 1.165) is 17.2 Å². The molecule has 0 radical (unpaired) electrons. The maximum absolute atomic E-state index is 11.1. The average molecular weight is 326 g/mol. The van der Waals surface area contributed by atoms with Gasteiger partial charge in [0.25, 0.3) is 0 Å². The lowest BCUT2D eigenvalue weighted by atomic mass is 9.97. The lowest BCUT2D eigenvalue weighted by molar-refractivity contribution is -0.142. The summed E-state index contributed by atoms with van der Waals surface area (Å²) in [6, 6.07) is 7.71. The van der Waals surface area contributed by atoms with Crippen molar-refractivity contribution in [1.82, 2.24) is 15.0 Å². The molecule has 2 aromatic heterocycles. The van der Waals surface area contributed by atoms with Gasteiger partial charge in [0.1, 0.15) is 11.5 Å². The molecule has 6 nitrogen and oxygen atoms in total. The molecule has 6 heteroatoms. The molecule has 3 heterocycles. The number of nitrogens with zero attached hydrogens (tertiary/aromatic N) is 4. The van der Waals surface area contributed by atoms with Gasteiger partial charge in [-0.05, 0) is 30.9 Å². The number of hydrogen-bond donors (Lipinski definition) is 1. The number of carboxylic acids is 1. The number of carboxylic acid groups (broad SMARTS) is 1. The van der Waals surface area contributed by atoms with Crippen LogP contribution < -0.4 is 4.90 Å². The summed E-state index contributed by atoms with van der Waals surface area (Å²) in [5, 5.41) is 9.15. The van der Waals surface area contributed by atoms with E-state index in [1.54, 1.807) is 6.20 Å². The second-order valence-electron chi connectivity index (χ2n) is 6.44. The van der Waals surface area contributed by atoms with Crippen molar-refractivity contribution in [2.24, 2.45) is 5.92 Å². The molecule has 0 amide bonds. The molecule has 126 valence electrons. The van der Waals surface area contributed by atoms with Crippen molar-refractivity contribution >= 4 is 11.8 Å². The van der Waals surface area contributed by atoms with Gasteiger partial charge in [-0.1, -0.05) is 19.9 Å². The molecule has 0 aliphatic carbocycles. The van der Waals surface area contributed by atoms with E-state index in [1.807, 2.05) is 24.3 Å². The smallest absolute Gasteiger partial charge is 0.306 e. The molecule has 24 heavy (non-hydrogen) atoms. The molecule has 0 unspecified atom stereocenters. The van der Waals surface area contributed by atoms with E-state index >= 15 is 0 Å². The van der Waals surface area contributed by atoms with Crippen LogP contribution in [0.2, 0.25) is 0 Å². The number of aliphatic carboxylic acids is 1. The molecule has 1 aliphatic rings. The van der Waals surface area contributed by atoms with Gasteiger partial charge in [0, 0.05) is 31.0 Å². The molecule has 0 bridgehead atoms. The molecule has 0 aromatic carbocycles. The summed E-state index contributed by atoms with van der Waals surface area (Å²) in [5.41, 5.74) is 1.72. The first kappa shape index (κ1) is 16.4. The lowest BCUT2D eigenvalue weighted by Gasteiger charge is -2.31. The SMILES string of the molecule is CC(C)c1cc(N2CCC(C(=O)O)CC2)nc(-c2ccccn2)n1. The van der Waals surface area contributed by atoms with Gasteiger partial charge in [-0.15, -0.1) is 0 Å². The lowest BCUT2D eigenvalue weighted by Crippen LogP contribution is -2.37. The number of rotatable bonds is 4. The molecule has 1 fully saturated rings. The second-order valence-corrected chi connectivity index (χ2v) is 6.44. The van der Waals surface area contributed by atoms with Gasteiger partial charge in [0.2, 0.25) is 0 Å². The van der Waals surface area contributed by atoms with Crippen LogP contribution >= 0.6 is 0 Å². The van der Waals surface area contributed by atoms with Crippen molar-refractivity contribution in [1.29, 1.82) is 0 Å². The van der Waals surface area contributed by atoms with Gasteiger partial charge in [-0.3, -0.25) is 9.78 Å². The summed E-state index contributed by atoms with van der Waals surface area (Å²) in [4.78, 5) is 27.0. The number of pyridine rings is 1. The highest BCUT2D eigenvalue weighted by Crippen LogP contribution is 2.26. The zero-order chi connectivity index (χ0) is 17.1. The quantitative estimate of drug-likeness (QED) is 0.930. The maximum atomic E-state index is 11.1. The minimum atomic E-state index is -0.700. The maximum Gasteiger partial charge on any atom is 0.306 e. The van der Waals surface area contributed by atoms with E-state index in [9.17, 15) is 4.79 Å². The van der Waals surface area contributed by atoms with Crippen LogP contribution in [0.1, 0.15) is 38.3 Å². The van der Waals surface area contributed by atoms with Crippen LogP contribution in [-0.2, 0) is 4.79 Å². The third kappa shape index (κ3) is 3.53. The van der Waals surface area contributed by atoms with Gasteiger partial charge >= 0.3 is 5.97 Å². The minimum Gasteiger partial charge on any atom is -0.481 e. The van der Waals surface area contributed by atoms with Crippen LogP contribution in [0.3, 0.4) is 0 Å². The van der Waals surface area contributed by atoms with Crippen LogP contribution in [0.25, 0.3) is 11.5 Å². The van der Waals surface area contributed by atoms with Crippen molar-refractivity contribution in [3.63, 3.8) is 0 Å². The second kappa shape index (κ2) is 6.95. The van der Waals surface area contributed by atoms with Crippen molar-refractivity contribution in [2.75, 3.05) is 18.0 Å². The highest BCUT2D eigenvalue weighted by Gasteiger charge is 2.26. The first-order valence-corrected chi connectivity index (χ1v) is 8.32. The Morgan fingerprint density at radius 1 is 1.25 bits per heavy atom. The Bertz CT molecular complexity index is 710. The first-order valence-electron chi connectivity index (χ1n) is 8.32. The van der Waals surface area contributed by atoms with Gasteiger partial charge < -0.3 is 10.0 Å². The monoisotopic (exact) mass is 326 g/mol. The fourth-order valence-electron chi connectivity index (χ4n) is 2.88. The minimum absolute atomic E-state index is 0.247. The normalized spacial score (nSPS) is 15.7. The molecule has 2 aromatic rings. The summed E-state index contributed by atoms with van der Waals surface area (Å²) >= 11 is 0. The fraction of sp³-hybridized carbons (Fsp3) is 0.444. The largest absolute Gasteiger partial charge is 0.481 e. The van der Waals surface area contributed by atoms with E-state index in [1.165, 1.54) is 0 Å². The van der Waals surface area contributed by atoms with Crippen LogP contribution in [0, 0.1) is 5.92 Å². The summed E-state index contributed by atoms with van der Waals surface area (Å²) in [7, 11) is 0. The number of piperidine rings is 1. The predicted molar refractivity (Wildman–Crippen MR) is 91.9 cm³/mol. The molecular formula is C18H22N4O2. The van der Waals surface area contributed by atoms with E-state index in [2.05, 4.69) is 33.7 Å². The van der Waals surface area contributed by atoms with Gasteiger partial charge in [-0.2, -0.15) is 0 Å². The highest BCUT2D eigenvalue weighted by atomic mass is 16.4. The Hall–Kier alpha value is -2.50. The van der Waals surface area contributed by atoms with Crippen molar-refractivity contribution in [3.05, 3.63) is 36.2 Å². The third-order valence-electron chi connectivity index (χ3n) is 4.39. The Kier molecular flexibility index (Phi) is 4.74. The molecule has 1 aliphatic heterocycles. The van der Waals surface area contributed by atoms with E-state index in [-0.39, 0.29) is 11.8 Å². The van der Waals surface area contributed by atoms with Crippen molar-refractivity contribution in [3.8, 4) is 11.5 Å². The Balaban J connectivity index is 1.90. The third-order valence-corrected chi connectivity index (χ3v) is 4.39. The molecule has 3 rings (SSSR count). The number of carbonyl (C=O) groups is 1. The Labute approximate surface area is 141 Å². The zero-order valence-electron chi connectivity index (χ0n) is 14.0. The molecular weight excluding hydrogens is 304 g/mol. The first-order chi connectivity index (χ1) is 11.5. The number of hydrogen-bond acceptors (Lipinski definition) is 5. The van der Waals surface area contributed by atoms with Gasteiger partial charge in [0.15, 0.2) is 5.82 Å². The van der Waals surface area contributed by atoms with E-state index in [4.69, 9.17) is 5.11 Å². The molecule has 0 spiro atoms. The van der Waals surface area contributed by atoms with Crippen molar-refractivity contribution in [2.45, 2.75) is 32.6 Å². The average Bonchev–Trinajstić information content (AvgIpc) is 2.62. The summed E-state index contributed by atoms with van der Waals surface area (Å²) < 4.78 is 0. The predicted octanol–water partition coefficient (Wildman–Crippen LogP) is 2.96. The van der Waals surface area contributed by atoms with Crippen LogP contribution in [0.15, 0.2) is 30.5 Å². The number of aromatic nitrogens is 3. The topological polar surface area (TPSA) is 79.2 Å². The highest BCUT2D eigenvalue weighted by molar-refractivity contribution is 5.70. The standard InChI is InChI=1S/C18H22N4O2/c1-12(2)15-11-16(22-9-6-13(7-10-22)18(23)24)21-17(20-15)14-5-3-4-8-19-14/h3-5,8,11-13H,6-7,9-10H2,1-2H3,(H,23,24). The van der Waals surface area contributed by atoms with Crippen LogP contribution in [0.4, 0.5) is 5.82 Å².